The van der Waals surface area contributed by atoms with E-state index in [9.17, 15) is 13.0 Å². The molecule has 0 fully saturated rings. The summed E-state index contributed by atoms with van der Waals surface area (Å²) in [5.41, 5.74) is 5.47. The molecule has 2 aromatic heterocycles. The van der Waals surface area contributed by atoms with Crippen LogP contribution in [0.3, 0.4) is 0 Å². The zero-order chi connectivity index (χ0) is 25.4. The predicted octanol–water partition coefficient (Wildman–Crippen LogP) is 6.15. The maximum absolute atomic E-state index is 11.4. The highest BCUT2D eigenvalue weighted by Gasteiger charge is 2.12. The van der Waals surface area contributed by atoms with Crippen LogP contribution in [0.5, 0.6) is 0 Å². The van der Waals surface area contributed by atoms with Crippen LogP contribution in [0.1, 0.15) is 11.1 Å². The number of thiazole rings is 1. The SMILES string of the molecule is Cc1cc(C)c2nc(-c3ccc(Nc4nc(Cl)nc(Nc5cccc(S(=O)(=O)O)c5)n4)cc3)sc2c1. The number of hydrogen-bond donors (Lipinski definition) is 3. The largest absolute Gasteiger partial charge is 0.324 e. The number of aryl methyl sites for hydroxylation is 2. The van der Waals surface area contributed by atoms with Gasteiger partial charge in [0.15, 0.2) is 0 Å². The van der Waals surface area contributed by atoms with E-state index in [0.29, 0.717) is 5.69 Å². The molecule has 0 aliphatic heterocycles. The summed E-state index contributed by atoms with van der Waals surface area (Å²) < 4.78 is 33.2. The van der Waals surface area contributed by atoms with E-state index in [0.717, 1.165) is 32.0 Å². The first-order valence-corrected chi connectivity index (χ1v) is 13.3. The summed E-state index contributed by atoms with van der Waals surface area (Å²) in [5.74, 6) is 0.295. The Labute approximate surface area is 216 Å². The fourth-order valence-corrected chi connectivity index (χ4v) is 5.48. The van der Waals surface area contributed by atoms with Gasteiger partial charge in [-0.25, -0.2) is 4.98 Å². The third kappa shape index (κ3) is 5.29. The number of benzene rings is 3. The van der Waals surface area contributed by atoms with E-state index in [4.69, 9.17) is 16.6 Å². The lowest BCUT2D eigenvalue weighted by molar-refractivity contribution is 0.483. The zero-order valence-electron chi connectivity index (χ0n) is 19.0. The van der Waals surface area contributed by atoms with Crippen molar-refractivity contribution in [1.82, 2.24) is 19.9 Å². The van der Waals surface area contributed by atoms with Gasteiger partial charge in [0.05, 0.1) is 15.1 Å². The Morgan fingerprint density at radius 1 is 0.861 bits per heavy atom. The molecule has 12 heteroatoms. The van der Waals surface area contributed by atoms with Gasteiger partial charge >= 0.3 is 0 Å². The minimum atomic E-state index is -4.35. The quantitative estimate of drug-likeness (QED) is 0.218. The van der Waals surface area contributed by atoms with E-state index in [1.807, 2.05) is 24.3 Å². The molecule has 0 atom stereocenters. The first-order valence-electron chi connectivity index (χ1n) is 10.7. The lowest BCUT2D eigenvalue weighted by atomic mass is 10.1. The monoisotopic (exact) mass is 538 g/mol. The predicted molar refractivity (Wildman–Crippen MR) is 142 cm³/mol. The highest BCUT2D eigenvalue weighted by atomic mass is 35.5. The summed E-state index contributed by atoms with van der Waals surface area (Å²) in [7, 11) is -4.35. The molecule has 0 aliphatic rings. The minimum Gasteiger partial charge on any atom is -0.324 e. The Balaban J connectivity index is 1.35. The van der Waals surface area contributed by atoms with Crippen LogP contribution >= 0.6 is 22.9 Å². The highest BCUT2D eigenvalue weighted by molar-refractivity contribution is 7.85. The van der Waals surface area contributed by atoms with Gasteiger partial charge in [-0.1, -0.05) is 12.1 Å². The minimum absolute atomic E-state index is 0.0577. The van der Waals surface area contributed by atoms with Crippen LogP contribution in [0, 0.1) is 13.8 Å². The van der Waals surface area contributed by atoms with Crippen LogP contribution in [0.2, 0.25) is 5.28 Å². The van der Waals surface area contributed by atoms with Gasteiger partial charge < -0.3 is 10.6 Å². The van der Waals surface area contributed by atoms with E-state index >= 15 is 0 Å². The molecule has 0 saturated carbocycles. The molecule has 0 aliphatic carbocycles. The fraction of sp³-hybridized carbons (Fsp3) is 0.0833. The molecule has 5 aromatic rings. The Morgan fingerprint density at radius 3 is 2.25 bits per heavy atom. The summed E-state index contributed by atoms with van der Waals surface area (Å²) >= 11 is 7.72. The van der Waals surface area contributed by atoms with Crippen LogP contribution in [-0.2, 0) is 10.1 Å². The van der Waals surface area contributed by atoms with Gasteiger partial charge in [0.2, 0.25) is 17.2 Å². The zero-order valence-corrected chi connectivity index (χ0v) is 21.4. The molecule has 0 unspecified atom stereocenters. The summed E-state index contributed by atoms with van der Waals surface area (Å²) in [6, 6.07) is 17.6. The number of aromatic nitrogens is 4. The fourth-order valence-electron chi connectivity index (χ4n) is 3.64. The average Bonchev–Trinajstić information content (AvgIpc) is 3.23. The molecule has 2 heterocycles. The van der Waals surface area contributed by atoms with Crippen molar-refractivity contribution in [1.29, 1.82) is 0 Å². The lowest BCUT2D eigenvalue weighted by Crippen LogP contribution is -2.05. The Morgan fingerprint density at radius 2 is 1.56 bits per heavy atom. The van der Waals surface area contributed by atoms with Crippen molar-refractivity contribution < 1.29 is 13.0 Å². The third-order valence-electron chi connectivity index (χ3n) is 5.21. The van der Waals surface area contributed by atoms with Crippen molar-refractivity contribution in [2.45, 2.75) is 18.7 Å². The molecule has 0 spiro atoms. The molecule has 3 N–H and O–H groups in total. The van der Waals surface area contributed by atoms with Gasteiger partial charge in [-0.05, 0) is 85.1 Å². The van der Waals surface area contributed by atoms with Crippen LogP contribution in [-0.4, -0.2) is 32.9 Å². The van der Waals surface area contributed by atoms with Crippen molar-refractivity contribution in [3.8, 4) is 10.6 Å². The number of fused-ring (bicyclic) bond motifs is 1. The van der Waals surface area contributed by atoms with Crippen molar-refractivity contribution in [3.05, 3.63) is 77.1 Å². The van der Waals surface area contributed by atoms with E-state index in [2.05, 4.69) is 51.6 Å². The highest BCUT2D eigenvalue weighted by Crippen LogP contribution is 2.33. The lowest BCUT2D eigenvalue weighted by Gasteiger charge is -2.09. The van der Waals surface area contributed by atoms with Crippen molar-refractivity contribution in [2.75, 3.05) is 10.6 Å². The summed E-state index contributed by atoms with van der Waals surface area (Å²) in [5, 5.41) is 6.83. The normalized spacial score (nSPS) is 11.6. The number of halogens is 1. The molecule has 0 amide bonds. The van der Waals surface area contributed by atoms with Crippen LogP contribution in [0.25, 0.3) is 20.8 Å². The molecule has 0 bridgehead atoms. The number of hydrogen-bond acceptors (Lipinski definition) is 9. The summed E-state index contributed by atoms with van der Waals surface area (Å²) in [6.07, 6.45) is 0. The Bertz CT molecular complexity index is 1710. The summed E-state index contributed by atoms with van der Waals surface area (Å²) in [4.78, 5) is 17.0. The second-order valence-corrected chi connectivity index (χ2v) is 10.8. The van der Waals surface area contributed by atoms with Gasteiger partial charge in [-0.2, -0.15) is 23.4 Å². The number of anilines is 4. The maximum atomic E-state index is 11.4. The maximum Gasteiger partial charge on any atom is 0.294 e. The third-order valence-corrected chi connectivity index (χ3v) is 7.28. The molecule has 0 radical (unpaired) electrons. The van der Waals surface area contributed by atoms with Gasteiger partial charge in [-0.15, -0.1) is 11.3 Å². The molecular formula is C24H19ClN6O3S2. The number of nitrogens with zero attached hydrogens (tertiary/aromatic N) is 4. The van der Waals surface area contributed by atoms with E-state index < -0.39 is 10.1 Å². The second-order valence-electron chi connectivity index (χ2n) is 8.03. The van der Waals surface area contributed by atoms with Crippen LogP contribution in [0.15, 0.2) is 65.6 Å². The molecule has 36 heavy (non-hydrogen) atoms. The molecule has 3 aromatic carbocycles. The first kappa shape index (κ1) is 24.1. The Hall–Kier alpha value is -3.64. The molecule has 0 saturated heterocycles. The van der Waals surface area contributed by atoms with E-state index in [1.165, 1.54) is 23.8 Å². The molecule has 5 rings (SSSR count). The standard InChI is InChI=1S/C24H19ClN6O3S2/c1-13-10-14(2)20-19(11-13)35-21(28-20)15-6-8-16(9-7-15)26-23-29-22(25)30-24(31-23)27-17-4-3-5-18(12-17)36(32,33)34/h3-12H,1-2H3,(H,32,33,34)(H2,26,27,29,30,31). The van der Waals surface area contributed by atoms with Crippen molar-refractivity contribution >= 4 is 66.5 Å². The molecule has 9 nitrogen and oxygen atoms in total. The van der Waals surface area contributed by atoms with Crippen LogP contribution in [0.4, 0.5) is 23.3 Å². The van der Waals surface area contributed by atoms with Gasteiger partial charge in [0, 0.05) is 16.9 Å². The number of rotatable bonds is 6. The van der Waals surface area contributed by atoms with Gasteiger partial charge in [-0.3, -0.25) is 4.55 Å². The first-order chi connectivity index (χ1) is 17.1. The summed E-state index contributed by atoms with van der Waals surface area (Å²) in [6.45, 7) is 4.15. The van der Waals surface area contributed by atoms with Gasteiger partial charge in [0.1, 0.15) is 5.01 Å². The van der Waals surface area contributed by atoms with Crippen molar-refractivity contribution in [2.24, 2.45) is 0 Å². The van der Waals surface area contributed by atoms with E-state index in [1.54, 1.807) is 17.4 Å². The second kappa shape index (κ2) is 9.43. The molecule has 182 valence electrons. The number of nitrogens with one attached hydrogen (secondary N) is 2. The van der Waals surface area contributed by atoms with Crippen molar-refractivity contribution in [3.63, 3.8) is 0 Å². The Kier molecular flexibility index (Phi) is 6.31. The van der Waals surface area contributed by atoms with Gasteiger partial charge in [0.25, 0.3) is 10.1 Å². The molecular weight excluding hydrogens is 520 g/mol. The topological polar surface area (TPSA) is 130 Å². The smallest absolute Gasteiger partial charge is 0.294 e. The van der Waals surface area contributed by atoms with E-state index in [-0.39, 0.29) is 22.1 Å². The van der Waals surface area contributed by atoms with Crippen LogP contribution < -0.4 is 10.6 Å². The average molecular weight is 539 g/mol.